The molecule has 3 aliphatic heterocycles. The number of halogens is 1. The third-order valence-electron chi connectivity index (χ3n) is 6.45. The highest BCUT2D eigenvalue weighted by molar-refractivity contribution is 5.95. The molecule has 0 saturated carbocycles. The molecular formula is C25H27FN4O5. The minimum atomic E-state index is -0.723. The highest BCUT2D eigenvalue weighted by Gasteiger charge is 2.34. The van der Waals surface area contributed by atoms with Crippen molar-refractivity contribution in [3.05, 3.63) is 70.7 Å². The summed E-state index contributed by atoms with van der Waals surface area (Å²) < 4.78 is 29.3. The highest BCUT2D eigenvalue weighted by atomic mass is 19.1. The van der Waals surface area contributed by atoms with Crippen LogP contribution in [0.3, 0.4) is 0 Å². The number of carbonyl (C=O) groups excluding carboxylic acids is 2. The van der Waals surface area contributed by atoms with Crippen molar-refractivity contribution >= 4 is 12.0 Å². The molecular weight excluding hydrogens is 455 g/mol. The van der Waals surface area contributed by atoms with Crippen molar-refractivity contribution < 1.29 is 28.2 Å². The molecule has 1 fully saturated rings. The van der Waals surface area contributed by atoms with Crippen molar-refractivity contribution in [1.29, 1.82) is 0 Å². The fraction of sp³-hybridized carbons (Fsp3) is 0.360. The number of methoxy groups -OCH3 is 1. The molecule has 1 atom stereocenters. The van der Waals surface area contributed by atoms with Gasteiger partial charge in [0.1, 0.15) is 5.82 Å². The lowest BCUT2D eigenvalue weighted by Gasteiger charge is -2.37. The van der Waals surface area contributed by atoms with E-state index < -0.39 is 23.9 Å². The van der Waals surface area contributed by atoms with Gasteiger partial charge in [0.05, 0.1) is 18.7 Å². The SMILES string of the molecule is COC(=O)C1=C(CN2CCN(Cc3ccc4c(c3)OCO4)CC2)NC(=O)N[C@H]1c1ccc(F)cc1. The maximum absolute atomic E-state index is 13.4. The van der Waals surface area contributed by atoms with Crippen molar-refractivity contribution in [2.24, 2.45) is 0 Å². The Balaban J connectivity index is 1.27. The van der Waals surface area contributed by atoms with Crippen LogP contribution in [0.1, 0.15) is 17.2 Å². The first-order valence-corrected chi connectivity index (χ1v) is 11.5. The molecule has 2 N–H and O–H groups in total. The van der Waals surface area contributed by atoms with E-state index in [2.05, 4.69) is 20.4 Å². The van der Waals surface area contributed by atoms with Crippen LogP contribution in [-0.2, 0) is 16.1 Å². The zero-order valence-corrected chi connectivity index (χ0v) is 19.4. The van der Waals surface area contributed by atoms with Gasteiger partial charge in [-0.1, -0.05) is 18.2 Å². The second-order valence-electron chi connectivity index (χ2n) is 8.71. The molecule has 2 amide bonds. The number of fused-ring (bicyclic) bond motifs is 1. The number of hydrogen-bond acceptors (Lipinski definition) is 7. The second-order valence-corrected chi connectivity index (χ2v) is 8.71. The van der Waals surface area contributed by atoms with Gasteiger partial charge in [-0.05, 0) is 35.4 Å². The lowest BCUT2D eigenvalue weighted by Crippen LogP contribution is -2.51. The third kappa shape index (κ3) is 5.08. The van der Waals surface area contributed by atoms with Gasteiger partial charge in [-0.3, -0.25) is 9.80 Å². The van der Waals surface area contributed by atoms with E-state index in [9.17, 15) is 14.0 Å². The van der Waals surface area contributed by atoms with E-state index in [0.717, 1.165) is 49.8 Å². The maximum atomic E-state index is 13.4. The predicted octanol–water partition coefficient (Wildman–Crippen LogP) is 2.15. The van der Waals surface area contributed by atoms with Crippen LogP contribution in [0.15, 0.2) is 53.7 Å². The Hall–Kier alpha value is -3.63. The number of amides is 2. The molecule has 5 rings (SSSR count). The quantitative estimate of drug-likeness (QED) is 0.610. The van der Waals surface area contributed by atoms with Crippen LogP contribution in [0.4, 0.5) is 9.18 Å². The van der Waals surface area contributed by atoms with Crippen LogP contribution in [-0.4, -0.2) is 68.4 Å². The normalized spacial score (nSPS) is 20.4. The number of nitrogens with one attached hydrogen (secondary N) is 2. The molecule has 0 unspecified atom stereocenters. The van der Waals surface area contributed by atoms with E-state index in [1.807, 2.05) is 18.2 Å². The number of ether oxygens (including phenoxy) is 3. The summed E-state index contributed by atoms with van der Waals surface area (Å²) in [6, 6.07) is 10.6. The molecule has 3 aliphatic rings. The first-order valence-electron chi connectivity index (χ1n) is 11.5. The number of benzene rings is 2. The van der Waals surface area contributed by atoms with E-state index in [-0.39, 0.29) is 6.79 Å². The van der Waals surface area contributed by atoms with E-state index >= 15 is 0 Å². The van der Waals surface area contributed by atoms with Gasteiger partial charge in [-0.25, -0.2) is 14.0 Å². The molecule has 0 radical (unpaired) electrons. The van der Waals surface area contributed by atoms with Crippen LogP contribution in [0.25, 0.3) is 0 Å². The lowest BCUT2D eigenvalue weighted by molar-refractivity contribution is -0.136. The van der Waals surface area contributed by atoms with Crippen LogP contribution < -0.4 is 20.1 Å². The Kier molecular flexibility index (Phi) is 6.56. The Labute approximate surface area is 202 Å². The van der Waals surface area contributed by atoms with Crippen molar-refractivity contribution in [3.8, 4) is 11.5 Å². The molecule has 2 aromatic carbocycles. The fourth-order valence-electron chi connectivity index (χ4n) is 4.63. The number of urea groups is 1. The van der Waals surface area contributed by atoms with Crippen LogP contribution in [0, 0.1) is 5.82 Å². The van der Waals surface area contributed by atoms with Gasteiger partial charge >= 0.3 is 12.0 Å². The molecule has 0 aromatic heterocycles. The van der Waals surface area contributed by atoms with Gasteiger partial charge < -0.3 is 24.8 Å². The van der Waals surface area contributed by atoms with Crippen molar-refractivity contribution in [1.82, 2.24) is 20.4 Å². The van der Waals surface area contributed by atoms with Crippen LogP contribution in [0.5, 0.6) is 11.5 Å². The Morgan fingerprint density at radius 3 is 2.43 bits per heavy atom. The largest absolute Gasteiger partial charge is 0.466 e. The van der Waals surface area contributed by atoms with E-state index in [4.69, 9.17) is 14.2 Å². The van der Waals surface area contributed by atoms with Crippen LogP contribution in [0.2, 0.25) is 0 Å². The van der Waals surface area contributed by atoms with Crippen LogP contribution >= 0.6 is 0 Å². The van der Waals surface area contributed by atoms with Crippen molar-refractivity contribution in [2.75, 3.05) is 46.6 Å². The summed E-state index contributed by atoms with van der Waals surface area (Å²) in [4.78, 5) is 29.7. The van der Waals surface area contributed by atoms with Gasteiger partial charge in [0.2, 0.25) is 6.79 Å². The minimum absolute atomic E-state index is 0.259. The summed E-state index contributed by atoms with van der Waals surface area (Å²) >= 11 is 0. The minimum Gasteiger partial charge on any atom is -0.466 e. The first kappa shape index (κ1) is 23.1. The monoisotopic (exact) mass is 482 g/mol. The number of hydrogen-bond donors (Lipinski definition) is 2. The lowest BCUT2D eigenvalue weighted by atomic mass is 9.95. The second kappa shape index (κ2) is 9.93. The molecule has 35 heavy (non-hydrogen) atoms. The fourth-order valence-corrected chi connectivity index (χ4v) is 4.63. The molecule has 184 valence electrons. The van der Waals surface area contributed by atoms with Gasteiger partial charge in [-0.2, -0.15) is 0 Å². The summed E-state index contributed by atoms with van der Waals surface area (Å²) in [6.07, 6.45) is 0. The number of nitrogens with zero attached hydrogens (tertiary/aromatic N) is 2. The predicted molar refractivity (Wildman–Crippen MR) is 124 cm³/mol. The van der Waals surface area contributed by atoms with Crippen molar-refractivity contribution in [2.45, 2.75) is 12.6 Å². The van der Waals surface area contributed by atoms with Crippen molar-refractivity contribution in [3.63, 3.8) is 0 Å². The van der Waals surface area contributed by atoms with Gasteiger partial charge in [0, 0.05) is 45.0 Å². The molecule has 0 spiro atoms. The molecule has 0 aliphatic carbocycles. The summed E-state index contributed by atoms with van der Waals surface area (Å²) in [5.41, 5.74) is 2.58. The summed E-state index contributed by atoms with van der Waals surface area (Å²) in [7, 11) is 1.31. The Bertz CT molecular complexity index is 1150. The zero-order valence-electron chi connectivity index (χ0n) is 19.4. The van der Waals surface area contributed by atoms with Gasteiger partial charge in [0.15, 0.2) is 11.5 Å². The standard InChI is InChI=1S/C25H27FN4O5/c1-33-24(31)22-19(27-25(32)28-23(22)17-3-5-18(26)6-4-17)14-30-10-8-29(9-11-30)13-16-2-7-20-21(12-16)35-15-34-20/h2-7,12,23H,8-11,13-15H2,1H3,(H2,27,28,32)/t23-/m0/s1. The highest BCUT2D eigenvalue weighted by Crippen LogP contribution is 2.33. The first-order chi connectivity index (χ1) is 17.0. The smallest absolute Gasteiger partial charge is 0.338 e. The maximum Gasteiger partial charge on any atom is 0.338 e. The summed E-state index contributed by atoms with van der Waals surface area (Å²) in [5.74, 6) is 0.622. The molecule has 2 aromatic rings. The number of carbonyl (C=O) groups is 2. The number of piperazine rings is 1. The van der Waals surface area contributed by atoms with E-state index in [0.29, 0.717) is 23.4 Å². The van der Waals surface area contributed by atoms with E-state index in [1.54, 1.807) is 12.1 Å². The molecule has 1 saturated heterocycles. The van der Waals surface area contributed by atoms with Gasteiger partial charge in [-0.15, -0.1) is 0 Å². The average Bonchev–Trinajstić information content (AvgIpc) is 3.33. The van der Waals surface area contributed by atoms with Gasteiger partial charge in [0.25, 0.3) is 0 Å². The topological polar surface area (TPSA) is 92.4 Å². The Morgan fingerprint density at radius 2 is 1.71 bits per heavy atom. The molecule has 9 nitrogen and oxygen atoms in total. The Morgan fingerprint density at radius 1 is 1.03 bits per heavy atom. The number of esters is 1. The number of rotatable bonds is 6. The zero-order chi connectivity index (χ0) is 24.4. The molecule has 0 bridgehead atoms. The summed E-state index contributed by atoms with van der Waals surface area (Å²) in [6.45, 7) is 4.67. The summed E-state index contributed by atoms with van der Waals surface area (Å²) in [5, 5.41) is 5.55. The average molecular weight is 483 g/mol. The van der Waals surface area contributed by atoms with E-state index in [1.165, 1.54) is 19.2 Å². The molecule has 10 heteroatoms. The third-order valence-corrected chi connectivity index (χ3v) is 6.45. The molecule has 3 heterocycles.